The van der Waals surface area contributed by atoms with Crippen molar-refractivity contribution in [2.75, 3.05) is 5.75 Å². The molecular weight excluding hydrogens is 348 g/mol. The van der Waals surface area contributed by atoms with E-state index in [1.807, 2.05) is 0 Å². The van der Waals surface area contributed by atoms with Gasteiger partial charge in [0.1, 0.15) is 16.7 Å². The third-order valence-electron chi connectivity index (χ3n) is 3.90. The Labute approximate surface area is 146 Å². The van der Waals surface area contributed by atoms with Crippen molar-refractivity contribution < 1.29 is 9.59 Å². The van der Waals surface area contributed by atoms with Gasteiger partial charge < -0.3 is 16.0 Å². The fourth-order valence-electron chi connectivity index (χ4n) is 2.71. The number of aromatic amines is 1. The molecule has 0 unspecified atom stereocenters. The third kappa shape index (κ3) is 3.46. The van der Waals surface area contributed by atoms with Crippen LogP contribution in [0.3, 0.4) is 0 Å². The number of thiophene rings is 1. The number of hydrogen-bond acceptors (Lipinski definition) is 6. The van der Waals surface area contributed by atoms with Crippen LogP contribution in [0.25, 0.3) is 10.2 Å². The minimum atomic E-state index is -0.694. The zero-order chi connectivity index (χ0) is 17.3. The van der Waals surface area contributed by atoms with Crippen LogP contribution in [0.1, 0.15) is 29.6 Å². The van der Waals surface area contributed by atoms with Gasteiger partial charge >= 0.3 is 0 Å². The molecule has 0 bridgehead atoms. The molecule has 2 amide bonds. The molecule has 2 aromatic heterocycles. The molecule has 0 saturated heterocycles. The lowest BCUT2D eigenvalue weighted by molar-refractivity contribution is -0.125. The van der Waals surface area contributed by atoms with Gasteiger partial charge in [0.15, 0.2) is 0 Å². The standard InChI is InChI=1S/C15H18N4O3S2/c1-7(13(16)21)17-11(20)6-23-5-10-18-14(22)12-8-3-2-4-9(8)24-15(12)19-10/h7H,2-6H2,1H3,(H2,16,21)(H,17,20)(H,18,19,22)/t7-/m1/s1. The number of hydrogen-bond donors (Lipinski definition) is 3. The number of nitrogens with two attached hydrogens (primary N) is 1. The van der Waals surface area contributed by atoms with Crippen molar-refractivity contribution in [1.82, 2.24) is 15.3 Å². The highest BCUT2D eigenvalue weighted by molar-refractivity contribution is 7.99. The summed E-state index contributed by atoms with van der Waals surface area (Å²) >= 11 is 2.92. The molecule has 3 rings (SSSR count). The summed E-state index contributed by atoms with van der Waals surface area (Å²) in [5.74, 6) is 0.306. The lowest BCUT2D eigenvalue weighted by atomic mass is 10.2. The van der Waals surface area contributed by atoms with E-state index < -0.39 is 11.9 Å². The predicted octanol–water partition coefficient (Wildman–Crippen LogP) is 0.697. The number of H-pyrrole nitrogens is 1. The van der Waals surface area contributed by atoms with E-state index in [1.54, 1.807) is 11.3 Å². The summed E-state index contributed by atoms with van der Waals surface area (Å²) in [4.78, 5) is 44.3. The predicted molar refractivity (Wildman–Crippen MR) is 95.2 cm³/mol. The molecule has 9 heteroatoms. The lowest BCUT2D eigenvalue weighted by Gasteiger charge is -2.09. The Bertz CT molecular complexity index is 858. The number of primary amides is 1. The Kier molecular flexibility index (Phi) is 4.91. The molecular formula is C15H18N4O3S2. The molecule has 7 nitrogen and oxygen atoms in total. The smallest absolute Gasteiger partial charge is 0.259 e. The summed E-state index contributed by atoms with van der Waals surface area (Å²) in [5.41, 5.74) is 6.15. The average Bonchev–Trinajstić information content (AvgIpc) is 3.07. The summed E-state index contributed by atoms with van der Waals surface area (Å²) in [6, 6.07) is -0.694. The highest BCUT2D eigenvalue weighted by Gasteiger charge is 2.21. The van der Waals surface area contributed by atoms with Gasteiger partial charge in [-0.05, 0) is 31.7 Å². The third-order valence-corrected chi connectivity index (χ3v) is 6.03. The van der Waals surface area contributed by atoms with E-state index in [0.29, 0.717) is 11.6 Å². The normalized spacial score (nSPS) is 14.5. The number of amides is 2. The fraction of sp³-hybridized carbons (Fsp3) is 0.467. The van der Waals surface area contributed by atoms with Crippen molar-refractivity contribution in [3.05, 3.63) is 26.6 Å². The van der Waals surface area contributed by atoms with Gasteiger partial charge in [-0.15, -0.1) is 23.1 Å². The number of nitrogens with one attached hydrogen (secondary N) is 2. The molecule has 0 radical (unpaired) electrons. The van der Waals surface area contributed by atoms with Crippen LogP contribution in [0.5, 0.6) is 0 Å². The van der Waals surface area contributed by atoms with Crippen LogP contribution in [0, 0.1) is 0 Å². The Morgan fingerprint density at radius 1 is 1.46 bits per heavy atom. The van der Waals surface area contributed by atoms with Crippen LogP contribution in [0.4, 0.5) is 0 Å². The van der Waals surface area contributed by atoms with Crippen LogP contribution >= 0.6 is 23.1 Å². The van der Waals surface area contributed by atoms with Gasteiger partial charge in [-0.25, -0.2) is 4.98 Å². The van der Waals surface area contributed by atoms with Gasteiger partial charge in [0, 0.05) is 4.88 Å². The van der Waals surface area contributed by atoms with Crippen LogP contribution in [-0.4, -0.2) is 33.6 Å². The molecule has 24 heavy (non-hydrogen) atoms. The average molecular weight is 366 g/mol. The molecule has 4 N–H and O–H groups in total. The van der Waals surface area contributed by atoms with E-state index >= 15 is 0 Å². The number of rotatable bonds is 6. The maximum absolute atomic E-state index is 12.3. The van der Waals surface area contributed by atoms with E-state index in [-0.39, 0.29) is 17.2 Å². The van der Waals surface area contributed by atoms with Crippen molar-refractivity contribution in [3.8, 4) is 0 Å². The summed E-state index contributed by atoms with van der Waals surface area (Å²) in [6.07, 6.45) is 3.08. The highest BCUT2D eigenvalue weighted by Crippen LogP contribution is 2.34. The van der Waals surface area contributed by atoms with Crippen molar-refractivity contribution in [2.45, 2.75) is 38.0 Å². The van der Waals surface area contributed by atoms with Crippen LogP contribution in [-0.2, 0) is 28.2 Å². The molecule has 0 aromatic carbocycles. The van der Waals surface area contributed by atoms with Gasteiger partial charge in [-0.1, -0.05) is 0 Å². The van der Waals surface area contributed by atoms with E-state index in [9.17, 15) is 14.4 Å². The van der Waals surface area contributed by atoms with E-state index in [0.717, 1.165) is 35.0 Å². The molecule has 0 fully saturated rings. The molecule has 0 aliphatic heterocycles. The highest BCUT2D eigenvalue weighted by atomic mass is 32.2. The van der Waals surface area contributed by atoms with Crippen molar-refractivity contribution in [3.63, 3.8) is 0 Å². The first-order valence-electron chi connectivity index (χ1n) is 7.65. The van der Waals surface area contributed by atoms with Crippen LogP contribution in [0.15, 0.2) is 4.79 Å². The quantitative estimate of drug-likeness (QED) is 0.695. The number of nitrogens with zero attached hydrogens (tertiary/aromatic N) is 1. The number of fused-ring (bicyclic) bond motifs is 3. The Hall–Kier alpha value is -1.87. The minimum absolute atomic E-state index is 0.0956. The van der Waals surface area contributed by atoms with E-state index in [4.69, 9.17) is 5.73 Å². The van der Waals surface area contributed by atoms with Crippen molar-refractivity contribution in [2.24, 2.45) is 5.73 Å². The Morgan fingerprint density at radius 2 is 2.25 bits per heavy atom. The zero-order valence-electron chi connectivity index (χ0n) is 13.2. The van der Waals surface area contributed by atoms with Gasteiger partial charge in [0.05, 0.1) is 16.9 Å². The van der Waals surface area contributed by atoms with Gasteiger partial charge in [-0.2, -0.15) is 0 Å². The fourth-order valence-corrected chi connectivity index (χ4v) is 4.69. The molecule has 1 aliphatic rings. The molecule has 1 aliphatic carbocycles. The Morgan fingerprint density at radius 3 is 3.00 bits per heavy atom. The first-order valence-corrected chi connectivity index (χ1v) is 9.62. The lowest BCUT2D eigenvalue weighted by Crippen LogP contribution is -2.42. The van der Waals surface area contributed by atoms with Crippen LogP contribution < -0.4 is 16.6 Å². The first kappa shape index (κ1) is 17.0. The van der Waals surface area contributed by atoms with Gasteiger partial charge in [0.2, 0.25) is 11.8 Å². The molecule has 2 aromatic rings. The summed E-state index contributed by atoms with van der Waals surface area (Å²) in [6.45, 7) is 1.54. The second-order valence-corrected chi connectivity index (χ2v) is 7.80. The molecule has 2 heterocycles. The number of aryl methyl sites for hydroxylation is 2. The number of thioether (sulfide) groups is 1. The summed E-state index contributed by atoms with van der Waals surface area (Å²) < 4.78 is 0. The van der Waals surface area contributed by atoms with Gasteiger partial charge in [0.25, 0.3) is 5.56 Å². The largest absolute Gasteiger partial charge is 0.368 e. The second kappa shape index (κ2) is 6.94. The summed E-state index contributed by atoms with van der Waals surface area (Å²) in [7, 11) is 0. The second-order valence-electron chi connectivity index (χ2n) is 5.73. The minimum Gasteiger partial charge on any atom is -0.368 e. The first-order chi connectivity index (χ1) is 11.5. The zero-order valence-corrected chi connectivity index (χ0v) is 14.8. The van der Waals surface area contributed by atoms with Gasteiger partial charge in [-0.3, -0.25) is 14.4 Å². The number of carbonyl (C=O) groups excluding carboxylic acids is 2. The van der Waals surface area contributed by atoms with Crippen molar-refractivity contribution >= 4 is 45.1 Å². The molecule has 1 atom stereocenters. The Balaban J connectivity index is 1.63. The molecule has 128 valence electrons. The van der Waals surface area contributed by atoms with Crippen LogP contribution in [0.2, 0.25) is 0 Å². The molecule has 0 spiro atoms. The van der Waals surface area contributed by atoms with E-state index in [1.165, 1.54) is 23.6 Å². The SMILES string of the molecule is C[C@@H](NC(=O)CSCc1nc2sc3c(c2c(=O)[nH]1)CCC3)C(N)=O. The maximum atomic E-state index is 12.3. The van der Waals surface area contributed by atoms with E-state index in [2.05, 4.69) is 15.3 Å². The van der Waals surface area contributed by atoms with Crippen molar-refractivity contribution in [1.29, 1.82) is 0 Å². The summed E-state index contributed by atoms with van der Waals surface area (Å²) in [5, 5.41) is 3.24. The monoisotopic (exact) mass is 366 g/mol. The topological polar surface area (TPSA) is 118 Å². The number of carbonyl (C=O) groups is 2. The maximum Gasteiger partial charge on any atom is 0.259 e. The molecule has 0 saturated carbocycles. The number of aromatic nitrogens is 2.